The maximum Gasteiger partial charge on any atom is 0.338 e. The molecule has 0 saturated carbocycles. The summed E-state index contributed by atoms with van der Waals surface area (Å²) in [5.74, 6) is -2.36. The lowest BCUT2D eigenvalue weighted by molar-refractivity contribution is -0.384. The quantitative estimate of drug-likeness (QED) is 0.156. The minimum absolute atomic E-state index is 0.0158. The molecule has 2 aliphatic heterocycles. The lowest BCUT2D eigenvalue weighted by atomic mass is 9.81. The number of likely N-dealkylation sites (tertiary alicyclic amines) is 1. The topological polar surface area (TPSA) is 140 Å². The summed E-state index contributed by atoms with van der Waals surface area (Å²) in [7, 11) is 1.94. The van der Waals surface area contributed by atoms with Gasteiger partial charge >= 0.3 is 11.9 Å². The van der Waals surface area contributed by atoms with E-state index >= 15 is 0 Å². The van der Waals surface area contributed by atoms with Crippen LogP contribution in [0.4, 0.5) is 5.69 Å². The van der Waals surface area contributed by atoms with Crippen LogP contribution in [-0.4, -0.2) is 65.6 Å². The number of allylic oxidation sites excluding steroid dienone is 1. The highest BCUT2D eigenvalue weighted by molar-refractivity contribution is 6.00. The number of nitrogens with one attached hydrogen (secondary N) is 1. The van der Waals surface area contributed by atoms with Gasteiger partial charge in [-0.3, -0.25) is 19.9 Å². The Kier molecular flexibility index (Phi) is 11.3. The summed E-state index contributed by atoms with van der Waals surface area (Å²) < 4.78 is 12.0. The van der Waals surface area contributed by atoms with Crippen LogP contribution in [0.1, 0.15) is 49.3 Å². The van der Waals surface area contributed by atoms with Crippen molar-refractivity contribution in [2.75, 3.05) is 26.7 Å². The number of piperidine rings is 1. The van der Waals surface area contributed by atoms with E-state index in [4.69, 9.17) is 15.2 Å². The average molecular weight is 654 g/mol. The molecule has 48 heavy (non-hydrogen) atoms. The molecule has 0 aliphatic carbocycles. The number of hydrogen-bond acceptors (Lipinski definition) is 10. The number of non-ortho nitro benzene ring substituents is 1. The molecule has 3 aromatic rings. The molecule has 3 N–H and O–H groups in total. The van der Waals surface area contributed by atoms with Gasteiger partial charge in [0.05, 0.1) is 22.0 Å². The van der Waals surface area contributed by atoms with Crippen LogP contribution in [0.5, 0.6) is 0 Å². The molecule has 3 atom stereocenters. The number of rotatable bonds is 12. The van der Waals surface area contributed by atoms with E-state index in [0.717, 1.165) is 25.1 Å². The third-order valence-electron chi connectivity index (χ3n) is 8.61. The summed E-state index contributed by atoms with van der Waals surface area (Å²) in [6.07, 6.45) is 0.619. The van der Waals surface area contributed by atoms with Gasteiger partial charge in [-0.25, -0.2) is 9.59 Å². The number of dihydropyridines is 1. The van der Waals surface area contributed by atoms with Crippen LogP contribution < -0.4 is 11.1 Å². The van der Waals surface area contributed by atoms with Crippen LogP contribution in [-0.2, 0) is 32.2 Å². The van der Waals surface area contributed by atoms with Gasteiger partial charge in [0.15, 0.2) is 0 Å². The zero-order valence-corrected chi connectivity index (χ0v) is 27.6. The Hall–Kier alpha value is -5.00. The van der Waals surface area contributed by atoms with E-state index in [9.17, 15) is 19.7 Å². The van der Waals surface area contributed by atoms with Crippen molar-refractivity contribution in [2.45, 2.75) is 57.9 Å². The highest BCUT2D eigenvalue weighted by Gasteiger charge is 2.40. The first kappa shape index (κ1) is 34.3. The number of nitrogens with two attached hydrogens (primary N) is 1. The van der Waals surface area contributed by atoms with Crippen LogP contribution in [0, 0.1) is 10.1 Å². The van der Waals surface area contributed by atoms with Crippen molar-refractivity contribution in [2.24, 2.45) is 5.73 Å². The van der Waals surface area contributed by atoms with Crippen molar-refractivity contribution in [1.82, 2.24) is 15.1 Å². The Labute approximate surface area is 281 Å². The SMILES string of the molecule is CC1=C(C(=O)OC(C)CN(C)Cc2ccccc2)C(c2cccc([N+](=O)[O-])c2)C(C(=O)OC2CCCN(Cc3ccccc3)C2)=C(N)N1. The van der Waals surface area contributed by atoms with Crippen LogP contribution >= 0.6 is 0 Å². The summed E-state index contributed by atoms with van der Waals surface area (Å²) >= 11 is 0. The summed E-state index contributed by atoms with van der Waals surface area (Å²) in [5, 5.41) is 14.7. The summed E-state index contributed by atoms with van der Waals surface area (Å²) in [5.41, 5.74) is 9.49. The van der Waals surface area contributed by atoms with E-state index in [1.807, 2.05) is 55.6 Å². The van der Waals surface area contributed by atoms with Gasteiger partial charge in [0, 0.05) is 44.0 Å². The van der Waals surface area contributed by atoms with Gasteiger partial charge < -0.3 is 20.5 Å². The number of likely N-dealkylation sites (N-methyl/N-ethyl adjacent to an activating group) is 1. The van der Waals surface area contributed by atoms with Crippen molar-refractivity contribution in [3.05, 3.63) is 134 Å². The van der Waals surface area contributed by atoms with Gasteiger partial charge in [-0.1, -0.05) is 72.8 Å². The number of nitrogens with zero attached hydrogens (tertiary/aromatic N) is 3. The molecule has 252 valence electrons. The van der Waals surface area contributed by atoms with E-state index in [1.165, 1.54) is 23.8 Å². The third kappa shape index (κ3) is 8.67. The molecule has 0 amide bonds. The minimum Gasteiger partial charge on any atom is -0.458 e. The standard InChI is InChI=1S/C37H43N5O6/c1-25(21-40(3)22-27-12-6-4-7-13-27)47-36(43)32-26(2)39-35(38)34(33(32)29-16-10-17-30(20-29)42(45)46)37(44)48-31-18-11-19-41(24-31)23-28-14-8-5-9-15-28/h4-10,12-17,20,25,31,33,39H,11,18-19,21-24,38H2,1-3H3. The maximum absolute atomic E-state index is 14.0. The van der Waals surface area contributed by atoms with Gasteiger partial charge in [0.1, 0.15) is 18.0 Å². The van der Waals surface area contributed by atoms with Gasteiger partial charge in [-0.05, 0) is 57.0 Å². The van der Waals surface area contributed by atoms with Crippen LogP contribution in [0.25, 0.3) is 0 Å². The molecule has 0 aromatic heterocycles. The zero-order chi connectivity index (χ0) is 34.2. The van der Waals surface area contributed by atoms with Gasteiger partial charge in [-0.15, -0.1) is 0 Å². The second kappa shape index (κ2) is 15.7. The molecular formula is C37H43N5O6. The second-order valence-electron chi connectivity index (χ2n) is 12.6. The van der Waals surface area contributed by atoms with Crippen molar-refractivity contribution >= 4 is 17.6 Å². The number of carbonyl (C=O) groups is 2. The number of carbonyl (C=O) groups excluding carboxylic acids is 2. The fourth-order valence-corrected chi connectivity index (χ4v) is 6.49. The summed E-state index contributed by atoms with van der Waals surface area (Å²) in [6, 6.07) is 26.0. The fraction of sp³-hybridized carbons (Fsp3) is 0.351. The molecule has 2 heterocycles. The Morgan fingerprint density at radius 1 is 1.02 bits per heavy atom. The normalized spacial score (nSPS) is 19.1. The smallest absolute Gasteiger partial charge is 0.338 e. The first-order valence-electron chi connectivity index (χ1n) is 16.2. The summed E-state index contributed by atoms with van der Waals surface area (Å²) in [6.45, 7) is 6.75. The first-order valence-corrected chi connectivity index (χ1v) is 16.2. The first-order chi connectivity index (χ1) is 23.1. The van der Waals surface area contributed by atoms with E-state index in [1.54, 1.807) is 19.9 Å². The molecule has 11 heteroatoms. The Bertz CT molecular complexity index is 1680. The monoisotopic (exact) mass is 653 g/mol. The molecule has 5 rings (SSSR count). The van der Waals surface area contributed by atoms with Crippen molar-refractivity contribution in [3.8, 4) is 0 Å². The molecular weight excluding hydrogens is 610 g/mol. The lowest BCUT2D eigenvalue weighted by Gasteiger charge is -2.34. The number of nitro benzene ring substituents is 1. The van der Waals surface area contributed by atoms with Crippen molar-refractivity contribution < 1.29 is 24.0 Å². The average Bonchev–Trinajstić information content (AvgIpc) is 3.05. The number of esters is 2. The molecule has 0 spiro atoms. The van der Waals surface area contributed by atoms with Gasteiger partial charge in [0.25, 0.3) is 5.69 Å². The number of benzene rings is 3. The van der Waals surface area contributed by atoms with Crippen LogP contribution in [0.15, 0.2) is 108 Å². The predicted molar refractivity (Wildman–Crippen MR) is 182 cm³/mol. The Morgan fingerprint density at radius 3 is 2.40 bits per heavy atom. The molecule has 0 bridgehead atoms. The number of ether oxygens (including phenoxy) is 2. The molecule has 11 nitrogen and oxygen atoms in total. The minimum atomic E-state index is -1.05. The molecule has 3 unspecified atom stereocenters. The second-order valence-corrected chi connectivity index (χ2v) is 12.6. The Balaban J connectivity index is 1.37. The van der Waals surface area contributed by atoms with E-state index in [-0.39, 0.29) is 22.7 Å². The Morgan fingerprint density at radius 2 is 1.71 bits per heavy atom. The fourth-order valence-electron chi connectivity index (χ4n) is 6.49. The van der Waals surface area contributed by atoms with Crippen LogP contribution in [0.2, 0.25) is 0 Å². The largest absolute Gasteiger partial charge is 0.458 e. The summed E-state index contributed by atoms with van der Waals surface area (Å²) in [4.78, 5) is 43.5. The number of hydrogen-bond donors (Lipinski definition) is 2. The number of nitro groups is 1. The molecule has 1 saturated heterocycles. The maximum atomic E-state index is 14.0. The lowest BCUT2D eigenvalue weighted by Crippen LogP contribution is -2.42. The molecule has 3 aromatic carbocycles. The highest BCUT2D eigenvalue weighted by atomic mass is 16.6. The van der Waals surface area contributed by atoms with E-state index in [2.05, 4.69) is 27.2 Å². The van der Waals surface area contributed by atoms with Crippen molar-refractivity contribution in [1.29, 1.82) is 0 Å². The van der Waals surface area contributed by atoms with Gasteiger partial charge in [0.2, 0.25) is 0 Å². The van der Waals surface area contributed by atoms with Gasteiger partial charge in [-0.2, -0.15) is 0 Å². The van der Waals surface area contributed by atoms with Crippen LogP contribution in [0.3, 0.4) is 0 Å². The van der Waals surface area contributed by atoms with Crippen molar-refractivity contribution in [3.63, 3.8) is 0 Å². The highest BCUT2D eigenvalue weighted by Crippen LogP contribution is 2.40. The zero-order valence-electron chi connectivity index (χ0n) is 27.6. The molecule has 1 fully saturated rings. The molecule has 0 radical (unpaired) electrons. The van der Waals surface area contributed by atoms with E-state index in [0.29, 0.717) is 37.3 Å². The molecule has 2 aliphatic rings. The third-order valence-corrected chi connectivity index (χ3v) is 8.61. The van der Waals surface area contributed by atoms with E-state index < -0.39 is 35.0 Å². The predicted octanol–water partition coefficient (Wildman–Crippen LogP) is 5.00.